The molecule has 0 bridgehead atoms. The van der Waals surface area contributed by atoms with E-state index in [1.54, 1.807) is 17.0 Å². The van der Waals surface area contributed by atoms with Crippen LogP contribution in [0.2, 0.25) is 0 Å². The number of piperidine rings is 1. The molecule has 1 fully saturated rings. The molecule has 2 rings (SSSR count). The SMILES string of the molecule is CCc1ccc(NC(=O)N2C[C@@H](C(N)=O)CC[C@@H]2C)cc1F. The van der Waals surface area contributed by atoms with Gasteiger partial charge in [0.2, 0.25) is 5.91 Å². The van der Waals surface area contributed by atoms with Crippen LogP contribution in [0.3, 0.4) is 0 Å². The number of anilines is 1. The minimum absolute atomic E-state index is 0.0235. The van der Waals surface area contributed by atoms with Crippen LogP contribution >= 0.6 is 0 Å². The number of primary amides is 1. The molecule has 1 heterocycles. The van der Waals surface area contributed by atoms with Crippen molar-refractivity contribution in [2.24, 2.45) is 11.7 Å². The second-order valence-electron chi connectivity index (χ2n) is 5.77. The van der Waals surface area contributed by atoms with Crippen molar-refractivity contribution in [3.8, 4) is 0 Å². The number of hydrogen-bond acceptors (Lipinski definition) is 2. The molecule has 1 aromatic carbocycles. The number of urea groups is 1. The lowest BCUT2D eigenvalue weighted by molar-refractivity contribution is -0.123. The maximum atomic E-state index is 13.8. The number of nitrogens with zero attached hydrogens (tertiary/aromatic N) is 1. The third kappa shape index (κ3) is 3.55. The number of carbonyl (C=O) groups excluding carboxylic acids is 2. The Bertz CT molecular complexity index is 577. The Hall–Kier alpha value is -2.11. The Balaban J connectivity index is 2.07. The maximum Gasteiger partial charge on any atom is 0.322 e. The van der Waals surface area contributed by atoms with Crippen molar-refractivity contribution in [2.75, 3.05) is 11.9 Å². The van der Waals surface area contributed by atoms with Gasteiger partial charge < -0.3 is 16.0 Å². The summed E-state index contributed by atoms with van der Waals surface area (Å²) >= 11 is 0. The molecule has 0 unspecified atom stereocenters. The minimum Gasteiger partial charge on any atom is -0.369 e. The molecule has 0 spiro atoms. The third-order valence-electron chi connectivity index (χ3n) is 4.23. The number of carbonyl (C=O) groups is 2. The topological polar surface area (TPSA) is 75.4 Å². The molecule has 2 atom stereocenters. The molecular formula is C16H22FN3O2. The molecule has 0 aromatic heterocycles. The molecule has 0 radical (unpaired) electrons. The van der Waals surface area contributed by atoms with E-state index >= 15 is 0 Å². The summed E-state index contributed by atoms with van der Waals surface area (Å²) in [6, 6.07) is 4.35. The van der Waals surface area contributed by atoms with Gasteiger partial charge in [-0.3, -0.25) is 4.79 Å². The van der Waals surface area contributed by atoms with Crippen LogP contribution in [-0.2, 0) is 11.2 Å². The zero-order valence-corrected chi connectivity index (χ0v) is 12.9. The average Bonchev–Trinajstić information content (AvgIpc) is 2.47. The molecule has 3 amide bonds. The Kier molecular flexibility index (Phi) is 5.00. The summed E-state index contributed by atoms with van der Waals surface area (Å²) in [5, 5.41) is 2.69. The lowest BCUT2D eigenvalue weighted by atomic mass is 9.93. The molecule has 5 nitrogen and oxygen atoms in total. The summed E-state index contributed by atoms with van der Waals surface area (Å²) in [5.74, 6) is -1.04. The summed E-state index contributed by atoms with van der Waals surface area (Å²) in [6.07, 6.45) is 2.02. The largest absolute Gasteiger partial charge is 0.369 e. The molecule has 3 N–H and O–H groups in total. The van der Waals surface area contributed by atoms with Crippen LogP contribution in [-0.4, -0.2) is 29.4 Å². The van der Waals surface area contributed by atoms with Gasteiger partial charge in [-0.15, -0.1) is 0 Å². The fourth-order valence-electron chi connectivity index (χ4n) is 2.73. The second-order valence-corrected chi connectivity index (χ2v) is 5.77. The van der Waals surface area contributed by atoms with Crippen LogP contribution in [0.5, 0.6) is 0 Å². The number of nitrogens with one attached hydrogen (secondary N) is 1. The van der Waals surface area contributed by atoms with E-state index in [1.807, 2.05) is 13.8 Å². The van der Waals surface area contributed by atoms with E-state index < -0.39 is 0 Å². The Labute approximate surface area is 129 Å². The highest BCUT2D eigenvalue weighted by atomic mass is 19.1. The van der Waals surface area contributed by atoms with Crippen LogP contribution in [0.15, 0.2) is 18.2 Å². The summed E-state index contributed by atoms with van der Waals surface area (Å²) < 4.78 is 13.8. The highest BCUT2D eigenvalue weighted by molar-refractivity contribution is 5.90. The van der Waals surface area contributed by atoms with Gasteiger partial charge in [0.05, 0.1) is 5.92 Å². The summed E-state index contributed by atoms with van der Waals surface area (Å²) in [4.78, 5) is 25.3. The first kappa shape index (κ1) is 16.3. The van der Waals surface area contributed by atoms with Gasteiger partial charge in [0.15, 0.2) is 0 Å². The average molecular weight is 307 g/mol. The molecule has 6 heteroatoms. The second kappa shape index (κ2) is 6.77. The van der Waals surface area contributed by atoms with Gasteiger partial charge in [-0.1, -0.05) is 13.0 Å². The molecule has 1 saturated heterocycles. The van der Waals surface area contributed by atoms with Gasteiger partial charge >= 0.3 is 6.03 Å². The van der Waals surface area contributed by atoms with Crippen LogP contribution in [0.25, 0.3) is 0 Å². The van der Waals surface area contributed by atoms with E-state index in [1.165, 1.54) is 6.07 Å². The fourth-order valence-corrected chi connectivity index (χ4v) is 2.73. The van der Waals surface area contributed by atoms with Crippen LogP contribution in [0, 0.1) is 11.7 Å². The maximum absolute atomic E-state index is 13.8. The van der Waals surface area contributed by atoms with Gasteiger partial charge in [0, 0.05) is 18.3 Å². The molecule has 1 aromatic rings. The third-order valence-corrected chi connectivity index (χ3v) is 4.23. The van der Waals surface area contributed by atoms with E-state index in [9.17, 15) is 14.0 Å². The Morgan fingerprint density at radius 3 is 2.73 bits per heavy atom. The zero-order chi connectivity index (χ0) is 16.3. The number of aryl methyl sites for hydroxylation is 1. The van der Waals surface area contributed by atoms with Crippen molar-refractivity contribution in [1.82, 2.24) is 4.90 Å². The number of likely N-dealkylation sites (tertiary alicyclic amines) is 1. The predicted molar refractivity (Wildman–Crippen MR) is 82.9 cm³/mol. The molecule has 1 aliphatic rings. The van der Waals surface area contributed by atoms with E-state index in [0.717, 1.165) is 6.42 Å². The van der Waals surface area contributed by atoms with Gasteiger partial charge in [0.1, 0.15) is 5.82 Å². The van der Waals surface area contributed by atoms with Crippen molar-refractivity contribution in [2.45, 2.75) is 39.2 Å². The van der Waals surface area contributed by atoms with Crippen molar-refractivity contribution in [3.63, 3.8) is 0 Å². The molecule has 1 aliphatic heterocycles. The summed E-state index contributed by atoms with van der Waals surface area (Å²) in [6.45, 7) is 4.10. The van der Waals surface area contributed by atoms with Gasteiger partial charge in [0.25, 0.3) is 0 Å². The Morgan fingerprint density at radius 1 is 1.41 bits per heavy atom. The molecule has 22 heavy (non-hydrogen) atoms. The monoisotopic (exact) mass is 307 g/mol. The summed E-state index contributed by atoms with van der Waals surface area (Å²) in [7, 11) is 0. The molecule has 0 aliphatic carbocycles. The number of amides is 3. The smallest absolute Gasteiger partial charge is 0.322 e. The number of nitrogens with two attached hydrogens (primary N) is 1. The normalized spacial score (nSPS) is 21.5. The van der Waals surface area contributed by atoms with E-state index in [2.05, 4.69) is 5.32 Å². The standard InChI is InChI=1S/C16H22FN3O2/c1-3-11-6-7-13(8-14(11)17)19-16(22)20-9-12(15(18)21)5-4-10(20)2/h6-8,10,12H,3-5,9H2,1-2H3,(H2,18,21)(H,19,22)/t10-,12-/m0/s1. The number of benzene rings is 1. The zero-order valence-electron chi connectivity index (χ0n) is 12.9. The van der Waals surface area contributed by atoms with Crippen molar-refractivity contribution in [3.05, 3.63) is 29.6 Å². The van der Waals surface area contributed by atoms with Gasteiger partial charge in [-0.2, -0.15) is 0 Å². The summed E-state index contributed by atoms with van der Waals surface area (Å²) in [5.41, 5.74) is 6.35. The van der Waals surface area contributed by atoms with E-state index in [0.29, 0.717) is 30.6 Å². The quantitative estimate of drug-likeness (QED) is 0.900. The Morgan fingerprint density at radius 2 is 2.14 bits per heavy atom. The van der Waals surface area contributed by atoms with E-state index in [-0.39, 0.29) is 29.7 Å². The van der Waals surface area contributed by atoms with Gasteiger partial charge in [-0.05, 0) is 43.9 Å². The fraction of sp³-hybridized carbons (Fsp3) is 0.500. The van der Waals surface area contributed by atoms with E-state index in [4.69, 9.17) is 5.73 Å². The van der Waals surface area contributed by atoms with Crippen molar-refractivity contribution >= 4 is 17.6 Å². The minimum atomic E-state index is -0.386. The number of halogens is 1. The first-order valence-corrected chi connectivity index (χ1v) is 7.57. The van der Waals surface area contributed by atoms with Crippen LogP contribution < -0.4 is 11.1 Å². The van der Waals surface area contributed by atoms with Crippen LogP contribution in [0.4, 0.5) is 14.9 Å². The van der Waals surface area contributed by atoms with Gasteiger partial charge in [-0.25, -0.2) is 9.18 Å². The predicted octanol–water partition coefficient (Wildman–Crippen LogP) is 2.51. The molecule has 120 valence electrons. The highest BCUT2D eigenvalue weighted by Crippen LogP contribution is 2.23. The lowest BCUT2D eigenvalue weighted by Gasteiger charge is -2.36. The van der Waals surface area contributed by atoms with Crippen molar-refractivity contribution < 1.29 is 14.0 Å². The lowest BCUT2D eigenvalue weighted by Crippen LogP contribution is -2.50. The first-order valence-electron chi connectivity index (χ1n) is 7.57. The number of rotatable bonds is 3. The highest BCUT2D eigenvalue weighted by Gasteiger charge is 2.31. The molecule has 0 saturated carbocycles. The number of hydrogen-bond donors (Lipinski definition) is 2. The van der Waals surface area contributed by atoms with Crippen LogP contribution in [0.1, 0.15) is 32.3 Å². The first-order chi connectivity index (χ1) is 10.4. The molecular weight excluding hydrogens is 285 g/mol. The van der Waals surface area contributed by atoms with Crippen molar-refractivity contribution in [1.29, 1.82) is 0 Å².